The zero-order chi connectivity index (χ0) is 22.1. The topological polar surface area (TPSA) is 103 Å². The minimum absolute atomic E-state index is 0.219. The first-order valence-electron chi connectivity index (χ1n) is 8.81. The summed E-state index contributed by atoms with van der Waals surface area (Å²) in [6.07, 6.45) is 0.459. The van der Waals surface area contributed by atoms with E-state index in [2.05, 4.69) is 5.10 Å². The molecule has 0 radical (unpaired) electrons. The van der Waals surface area contributed by atoms with Crippen molar-refractivity contribution in [2.24, 2.45) is 10.5 Å². The fourth-order valence-electron chi connectivity index (χ4n) is 2.59. The van der Waals surface area contributed by atoms with Crippen LogP contribution in [0.25, 0.3) is 0 Å². The number of benzene rings is 1. The Balaban J connectivity index is 2.31. The molecule has 1 aliphatic rings. The van der Waals surface area contributed by atoms with Gasteiger partial charge in [0.1, 0.15) is 0 Å². The predicted octanol–water partition coefficient (Wildman–Crippen LogP) is 1.99. The molecular weight excluding hydrogens is 398 g/mol. The Morgan fingerprint density at radius 1 is 1.07 bits per heavy atom. The summed E-state index contributed by atoms with van der Waals surface area (Å²) in [5.74, 6) is 0.292. The second kappa shape index (κ2) is 7.90. The minimum Gasteiger partial charge on any atom is -0.393 e. The molecule has 29 heavy (non-hydrogen) atoms. The molecule has 0 aromatic heterocycles. The Morgan fingerprint density at radius 2 is 1.62 bits per heavy atom. The molecule has 0 atom stereocenters. The highest BCUT2D eigenvalue weighted by atomic mass is 32.2. The molecule has 0 aliphatic carbocycles. The third-order valence-corrected chi connectivity index (χ3v) is 5.19. The average molecular weight is 426 g/mol. The van der Waals surface area contributed by atoms with E-state index in [-0.39, 0.29) is 5.69 Å². The molecule has 11 heteroatoms. The molecule has 1 aromatic carbocycles. The Hall–Kier alpha value is -2.82. The van der Waals surface area contributed by atoms with Gasteiger partial charge in [-0.1, -0.05) is 0 Å². The number of rotatable bonds is 3. The minimum atomic E-state index is -3.80. The summed E-state index contributed by atoms with van der Waals surface area (Å²) in [4.78, 5) is 26.7. The van der Waals surface area contributed by atoms with Crippen molar-refractivity contribution in [2.45, 2.75) is 13.8 Å². The largest absolute Gasteiger partial charge is 0.415 e. The van der Waals surface area contributed by atoms with Gasteiger partial charge in [-0.15, -0.1) is 5.10 Å². The maximum atomic E-state index is 12.3. The lowest BCUT2D eigenvalue weighted by molar-refractivity contribution is 0.163. The van der Waals surface area contributed by atoms with Gasteiger partial charge >= 0.3 is 12.1 Å². The van der Waals surface area contributed by atoms with Crippen molar-refractivity contribution in [2.75, 3.05) is 50.3 Å². The van der Waals surface area contributed by atoms with Crippen LogP contribution in [0.4, 0.5) is 21.0 Å². The van der Waals surface area contributed by atoms with Crippen LogP contribution in [0.15, 0.2) is 29.4 Å². The van der Waals surface area contributed by atoms with Crippen molar-refractivity contribution in [3.63, 3.8) is 0 Å². The molecule has 1 aromatic rings. The van der Waals surface area contributed by atoms with Crippen molar-refractivity contribution in [3.05, 3.63) is 24.3 Å². The van der Waals surface area contributed by atoms with Crippen molar-refractivity contribution < 1.29 is 22.7 Å². The van der Waals surface area contributed by atoms with E-state index in [0.717, 1.165) is 10.6 Å². The van der Waals surface area contributed by atoms with Gasteiger partial charge in [0.25, 0.3) is 0 Å². The Morgan fingerprint density at radius 3 is 2.07 bits per heavy atom. The molecule has 160 valence electrons. The number of ether oxygens (including phenoxy) is 1. The predicted molar refractivity (Wildman–Crippen MR) is 112 cm³/mol. The fourth-order valence-corrected chi connectivity index (χ4v) is 3.54. The molecular formula is C18H27N5O5S. The SMILES string of the molecule is CN(C)C(=O)OC1=NN(c2ccc(N(C(=O)N(C)C)S(C)(=O)=O)cc2)CC1(C)C. The van der Waals surface area contributed by atoms with Gasteiger partial charge < -0.3 is 14.5 Å². The van der Waals surface area contributed by atoms with Gasteiger partial charge in [0.05, 0.1) is 29.6 Å². The maximum absolute atomic E-state index is 12.3. The standard InChI is InChI=1S/C18H27N5O5S/c1-18(2)12-22(19-15(18)28-17(25)21(5)6)13-8-10-14(11-9-13)23(29(7,26)27)16(24)20(3)4/h8-11H,12H2,1-7H3. The molecule has 0 spiro atoms. The number of hydrogen-bond donors (Lipinski definition) is 0. The quantitative estimate of drug-likeness (QED) is 0.734. The van der Waals surface area contributed by atoms with Gasteiger partial charge in [-0.3, -0.25) is 5.01 Å². The summed E-state index contributed by atoms with van der Waals surface area (Å²) in [6, 6.07) is 5.71. The lowest BCUT2D eigenvalue weighted by atomic mass is 9.94. The molecule has 0 unspecified atom stereocenters. The van der Waals surface area contributed by atoms with Crippen LogP contribution in [-0.2, 0) is 14.8 Å². The van der Waals surface area contributed by atoms with Gasteiger partial charge in [-0.2, -0.15) is 4.31 Å². The van der Waals surface area contributed by atoms with Crippen molar-refractivity contribution in [1.29, 1.82) is 0 Å². The first-order valence-corrected chi connectivity index (χ1v) is 10.7. The van der Waals surface area contributed by atoms with E-state index >= 15 is 0 Å². The number of carbonyl (C=O) groups is 2. The van der Waals surface area contributed by atoms with Gasteiger partial charge in [-0.05, 0) is 38.1 Å². The molecule has 10 nitrogen and oxygen atoms in total. The summed E-state index contributed by atoms with van der Waals surface area (Å²) in [5, 5.41) is 6.06. The first kappa shape index (κ1) is 22.5. The summed E-state index contributed by atoms with van der Waals surface area (Å²) in [7, 11) is 2.33. The molecule has 3 amide bonds. The number of nitrogens with zero attached hydrogens (tertiary/aromatic N) is 5. The van der Waals surface area contributed by atoms with Crippen molar-refractivity contribution in [1.82, 2.24) is 9.80 Å². The van der Waals surface area contributed by atoms with E-state index in [0.29, 0.717) is 18.1 Å². The monoisotopic (exact) mass is 425 g/mol. The molecule has 1 aliphatic heterocycles. The smallest absolute Gasteiger partial charge is 0.393 e. The number of hydrogen-bond acceptors (Lipinski definition) is 7. The van der Waals surface area contributed by atoms with Crippen LogP contribution in [0.1, 0.15) is 13.8 Å². The zero-order valence-corrected chi connectivity index (χ0v) is 18.5. The lowest BCUT2D eigenvalue weighted by Crippen LogP contribution is -2.42. The Bertz CT molecular complexity index is 922. The van der Waals surface area contributed by atoms with Crippen LogP contribution in [0.2, 0.25) is 0 Å². The summed E-state index contributed by atoms with van der Waals surface area (Å²) >= 11 is 0. The highest BCUT2D eigenvalue weighted by molar-refractivity contribution is 7.92. The molecule has 0 saturated heterocycles. The third-order valence-electron chi connectivity index (χ3n) is 4.15. The highest BCUT2D eigenvalue weighted by Gasteiger charge is 2.38. The molecule has 2 rings (SSSR count). The second-order valence-electron chi connectivity index (χ2n) is 7.83. The molecule has 0 bridgehead atoms. The van der Waals surface area contributed by atoms with E-state index < -0.39 is 27.6 Å². The van der Waals surface area contributed by atoms with Crippen LogP contribution < -0.4 is 9.31 Å². The Labute approximate surface area is 171 Å². The van der Waals surface area contributed by atoms with E-state index in [1.807, 2.05) is 13.8 Å². The number of carbonyl (C=O) groups excluding carboxylic acids is 2. The van der Waals surface area contributed by atoms with Crippen LogP contribution in [-0.4, -0.2) is 77.2 Å². The molecule has 0 fully saturated rings. The van der Waals surface area contributed by atoms with Crippen LogP contribution >= 0.6 is 0 Å². The van der Waals surface area contributed by atoms with E-state index in [9.17, 15) is 18.0 Å². The fraction of sp³-hybridized carbons (Fsp3) is 0.500. The van der Waals surface area contributed by atoms with Gasteiger partial charge in [0.2, 0.25) is 15.9 Å². The van der Waals surface area contributed by atoms with Gasteiger partial charge in [0, 0.05) is 28.2 Å². The van der Waals surface area contributed by atoms with Crippen LogP contribution in [0.5, 0.6) is 0 Å². The maximum Gasteiger partial charge on any atom is 0.415 e. The van der Waals surface area contributed by atoms with Crippen molar-refractivity contribution in [3.8, 4) is 0 Å². The summed E-state index contributed by atoms with van der Waals surface area (Å²) in [5.41, 5.74) is 0.393. The summed E-state index contributed by atoms with van der Waals surface area (Å²) in [6.45, 7) is 4.28. The van der Waals surface area contributed by atoms with Crippen LogP contribution in [0.3, 0.4) is 0 Å². The molecule has 0 N–H and O–H groups in total. The number of amides is 3. The highest BCUT2D eigenvalue weighted by Crippen LogP contribution is 2.32. The lowest BCUT2D eigenvalue weighted by Gasteiger charge is -2.25. The Kier molecular flexibility index (Phi) is 6.12. The number of sulfonamides is 1. The zero-order valence-electron chi connectivity index (χ0n) is 17.7. The molecule has 0 saturated carbocycles. The average Bonchev–Trinajstić information content (AvgIpc) is 2.88. The van der Waals surface area contributed by atoms with Gasteiger partial charge in [-0.25, -0.2) is 18.0 Å². The van der Waals surface area contributed by atoms with Gasteiger partial charge in [0.15, 0.2) is 0 Å². The summed E-state index contributed by atoms with van der Waals surface area (Å²) < 4.78 is 30.3. The van der Waals surface area contributed by atoms with E-state index in [1.54, 1.807) is 31.2 Å². The third kappa shape index (κ3) is 4.97. The van der Waals surface area contributed by atoms with E-state index in [1.165, 1.54) is 36.0 Å². The number of anilines is 2. The van der Waals surface area contributed by atoms with Crippen molar-refractivity contribution >= 4 is 39.4 Å². The van der Waals surface area contributed by atoms with Crippen LogP contribution in [0, 0.1) is 5.41 Å². The first-order chi connectivity index (χ1) is 13.2. The normalized spacial score (nSPS) is 15.6. The number of hydrazone groups is 1. The number of urea groups is 1. The van der Waals surface area contributed by atoms with E-state index in [4.69, 9.17) is 4.74 Å². The molecule has 1 heterocycles. The second-order valence-corrected chi connectivity index (χ2v) is 9.66.